The number of nitro groups is 1. The second-order valence-electron chi connectivity index (χ2n) is 5.35. The van der Waals surface area contributed by atoms with Crippen LogP contribution >= 0.6 is 0 Å². The molecule has 130 valence electrons. The first-order valence-electron chi connectivity index (χ1n) is 7.48. The maximum atomic E-state index is 12.3. The second kappa shape index (κ2) is 7.57. The number of nitro benzene ring substituents is 1. The van der Waals surface area contributed by atoms with Gasteiger partial charge in [0, 0.05) is 17.2 Å². The van der Waals surface area contributed by atoms with Crippen molar-refractivity contribution in [2.75, 3.05) is 7.11 Å². The molecule has 0 radical (unpaired) electrons. The predicted molar refractivity (Wildman–Crippen MR) is 90.0 cm³/mol. The maximum absolute atomic E-state index is 12.3. The molecule has 0 fully saturated rings. The molecular formula is C18H17NO6. The topological polar surface area (TPSA) is 95.7 Å². The molecule has 0 aliphatic heterocycles. The van der Waals surface area contributed by atoms with Gasteiger partial charge in [-0.1, -0.05) is 6.07 Å². The van der Waals surface area contributed by atoms with Crippen molar-refractivity contribution in [1.82, 2.24) is 0 Å². The zero-order valence-corrected chi connectivity index (χ0v) is 14.0. The minimum absolute atomic E-state index is 0.0589. The van der Waals surface area contributed by atoms with Crippen LogP contribution in [-0.4, -0.2) is 29.9 Å². The number of carbonyl (C=O) groups excluding carboxylic acids is 2. The van der Waals surface area contributed by atoms with Crippen molar-refractivity contribution >= 4 is 17.4 Å². The minimum atomic E-state index is -1.03. The van der Waals surface area contributed by atoms with Crippen LogP contribution in [0.5, 0.6) is 5.75 Å². The van der Waals surface area contributed by atoms with Gasteiger partial charge < -0.3 is 9.47 Å². The monoisotopic (exact) mass is 343 g/mol. The number of Topliss-reactive ketones (excluding diaryl/α,β-unsaturated/α-hetero) is 1. The quantitative estimate of drug-likeness (QED) is 0.345. The molecule has 0 N–H and O–H groups in total. The highest BCUT2D eigenvalue weighted by molar-refractivity contribution is 6.01. The number of carbonyl (C=O) groups is 2. The smallest absolute Gasteiger partial charge is 0.339 e. The van der Waals surface area contributed by atoms with E-state index in [1.54, 1.807) is 24.3 Å². The Labute approximate surface area is 144 Å². The van der Waals surface area contributed by atoms with E-state index in [1.807, 2.05) is 0 Å². The van der Waals surface area contributed by atoms with Gasteiger partial charge in [0.2, 0.25) is 5.78 Å². The van der Waals surface area contributed by atoms with Crippen molar-refractivity contribution in [3.8, 4) is 5.75 Å². The Morgan fingerprint density at radius 1 is 1.12 bits per heavy atom. The summed E-state index contributed by atoms with van der Waals surface area (Å²) in [5, 5.41) is 11.0. The number of methoxy groups -OCH3 is 1. The molecule has 2 rings (SSSR count). The van der Waals surface area contributed by atoms with E-state index in [9.17, 15) is 19.7 Å². The van der Waals surface area contributed by atoms with Gasteiger partial charge in [0.25, 0.3) is 5.69 Å². The van der Waals surface area contributed by atoms with Gasteiger partial charge in [-0.25, -0.2) is 4.79 Å². The van der Waals surface area contributed by atoms with Crippen LogP contribution in [0.1, 0.15) is 33.2 Å². The lowest BCUT2D eigenvalue weighted by Crippen LogP contribution is -2.24. The third-order valence-corrected chi connectivity index (χ3v) is 3.75. The van der Waals surface area contributed by atoms with Crippen LogP contribution in [0.15, 0.2) is 42.5 Å². The number of ether oxygens (including phenoxy) is 2. The molecule has 1 unspecified atom stereocenters. The summed E-state index contributed by atoms with van der Waals surface area (Å²) < 4.78 is 10.2. The van der Waals surface area contributed by atoms with E-state index in [0.717, 1.165) is 0 Å². The Balaban J connectivity index is 2.15. The van der Waals surface area contributed by atoms with Crippen LogP contribution in [-0.2, 0) is 4.74 Å². The van der Waals surface area contributed by atoms with Crippen LogP contribution in [0.4, 0.5) is 5.69 Å². The largest absolute Gasteiger partial charge is 0.497 e. The number of hydrogen-bond acceptors (Lipinski definition) is 6. The lowest BCUT2D eigenvalue weighted by atomic mass is 10.1. The van der Waals surface area contributed by atoms with E-state index < -0.39 is 17.0 Å². The average molecular weight is 343 g/mol. The number of nitrogens with zero attached hydrogens (tertiary/aromatic N) is 1. The Kier molecular flexibility index (Phi) is 5.49. The highest BCUT2D eigenvalue weighted by Gasteiger charge is 2.24. The molecule has 0 aliphatic carbocycles. The highest BCUT2D eigenvalue weighted by atomic mass is 16.6. The number of rotatable bonds is 6. The summed E-state index contributed by atoms with van der Waals surface area (Å²) in [6.45, 7) is 2.92. The van der Waals surface area contributed by atoms with Gasteiger partial charge >= 0.3 is 5.97 Å². The molecule has 7 nitrogen and oxygen atoms in total. The zero-order valence-electron chi connectivity index (χ0n) is 14.0. The fourth-order valence-electron chi connectivity index (χ4n) is 2.31. The standard InChI is InChI=1S/C18H17NO6/c1-11-15(5-4-6-16(11)19(22)23)18(21)25-12(2)17(20)13-7-9-14(24-3)10-8-13/h4-10,12H,1-3H3. The number of benzene rings is 2. The van der Waals surface area contributed by atoms with Gasteiger partial charge in [-0.2, -0.15) is 0 Å². The minimum Gasteiger partial charge on any atom is -0.497 e. The Bertz CT molecular complexity index is 813. The van der Waals surface area contributed by atoms with Gasteiger partial charge in [-0.05, 0) is 44.2 Å². The van der Waals surface area contributed by atoms with Gasteiger partial charge in [0.15, 0.2) is 6.10 Å². The maximum Gasteiger partial charge on any atom is 0.339 e. The summed E-state index contributed by atoms with van der Waals surface area (Å²) in [6, 6.07) is 10.5. The normalized spacial score (nSPS) is 11.5. The van der Waals surface area contributed by atoms with Gasteiger partial charge in [0.1, 0.15) is 5.75 Å². The Morgan fingerprint density at radius 2 is 1.76 bits per heavy atom. The fraction of sp³-hybridized carbons (Fsp3) is 0.222. The molecule has 0 aliphatic rings. The molecule has 0 amide bonds. The second-order valence-corrected chi connectivity index (χ2v) is 5.35. The van der Waals surface area contributed by atoms with Crippen molar-refractivity contribution in [1.29, 1.82) is 0 Å². The third kappa shape index (κ3) is 4.00. The molecule has 7 heteroatoms. The van der Waals surface area contributed by atoms with E-state index in [4.69, 9.17) is 9.47 Å². The Hall–Kier alpha value is -3.22. The van der Waals surface area contributed by atoms with Crippen LogP contribution < -0.4 is 4.74 Å². The van der Waals surface area contributed by atoms with Crippen LogP contribution in [0.3, 0.4) is 0 Å². The van der Waals surface area contributed by atoms with Crippen molar-refractivity contribution < 1.29 is 24.0 Å². The number of ketones is 1. The molecule has 0 spiro atoms. The first kappa shape index (κ1) is 18.1. The van der Waals surface area contributed by atoms with Crippen LogP contribution in [0.2, 0.25) is 0 Å². The molecule has 0 saturated carbocycles. The zero-order chi connectivity index (χ0) is 18.6. The fourth-order valence-corrected chi connectivity index (χ4v) is 2.31. The predicted octanol–water partition coefficient (Wildman–Crippen LogP) is 3.34. The van der Waals surface area contributed by atoms with Gasteiger partial charge in [0.05, 0.1) is 17.6 Å². The third-order valence-electron chi connectivity index (χ3n) is 3.75. The van der Waals surface area contributed by atoms with E-state index in [0.29, 0.717) is 11.3 Å². The summed E-state index contributed by atoms with van der Waals surface area (Å²) in [4.78, 5) is 35.0. The summed E-state index contributed by atoms with van der Waals surface area (Å²) >= 11 is 0. The van der Waals surface area contributed by atoms with E-state index >= 15 is 0 Å². The van der Waals surface area contributed by atoms with Crippen LogP contribution in [0.25, 0.3) is 0 Å². The first-order valence-corrected chi connectivity index (χ1v) is 7.48. The summed E-state index contributed by atoms with van der Waals surface area (Å²) in [5.74, 6) is -0.553. The lowest BCUT2D eigenvalue weighted by molar-refractivity contribution is -0.385. The van der Waals surface area contributed by atoms with E-state index in [2.05, 4.69) is 0 Å². The van der Waals surface area contributed by atoms with Crippen molar-refractivity contribution in [3.63, 3.8) is 0 Å². The Morgan fingerprint density at radius 3 is 2.32 bits per heavy atom. The van der Waals surface area contributed by atoms with Gasteiger partial charge in [-0.15, -0.1) is 0 Å². The molecular weight excluding hydrogens is 326 g/mol. The molecule has 1 atom stereocenters. The lowest BCUT2D eigenvalue weighted by Gasteiger charge is -2.13. The molecule has 0 saturated heterocycles. The number of esters is 1. The molecule has 0 heterocycles. The number of hydrogen-bond donors (Lipinski definition) is 0. The summed E-state index contributed by atoms with van der Waals surface area (Å²) in [7, 11) is 1.52. The SMILES string of the molecule is COc1ccc(C(=O)C(C)OC(=O)c2cccc([N+](=O)[O-])c2C)cc1. The molecule has 0 bridgehead atoms. The first-order chi connectivity index (χ1) is 11.8. The summed E-state index contributed by atoms with van der Waals surface area (Å²) in [5.41, 5.74) is 0.450. The van der Waals surface area contributed by atoms with E-state index in [-0.39, 0.29) is 22.6 Å². The molecule has 25 heavy (non-hydrogen) atoms. The van der Waals surface area contributed by atoms with E-state index in [1.165, 1.54) is 39.2 Å². The summed E-state index contributed by atoms with van der Waals surface area (Å²) in [6.07, 6.45) is -1.03. The molecule has 2 aromatic rings. The van der Waals surface area contributed by atoms with Crippen molar-refractivity contribution in [2.45, 2.75) is 20.0 Å². The molecule has 0 aromatic heterocycles. The van der Waals surface area contributed by atoms with Crippen molar-refractivity contribution in [3.05, 3.63) is 69.3 Å². The highest BCUT2D eigenvalue weighted by Crippen LogP contribution is 2.22. The van der Waals surface area contributed by atoms with Crippen LogP contribution in [0, 0.1) is 17.0 Å². The molecule has 2 aromatic carbocycles. The van der Waals surface area contributed by atoms with Gasteiger partial charge in [-0.3, -0.25) is 14.9 Å². The average Bonchev–Trinajstić information content (AvgIpc) is 2.60. The van der Waals surface area contributed by atoms with Crippen molar-refractivity contribution in [2.24, 2.45) is 0 Å².